The van der Waals surface area contributed by atoms with E-state index in [0.717, 1.165) is 44.6 Å². The van der Waals surface area contributed by atoms with E-state index >= 15 is 0 Å². The van der Waals surface area contributed by atoms with Crippen molar-refractivity contribution in [2.45, 2.75) is 38.5 Å². The number of ether oxygens (including phenoxy) is 1. The molecule has 0 aromatic heterocycles. The van der Waals surface area contributed by atoms with Gasteiger partial charge in [0.25, 0.3) is 0 Å². The Morgan fingerprint density at radius 1 is 1.15 bits per heavy atom. The molecule has 1 aromatic rings. The standard InChI is InChI=1S/C18H23F3N2O2.ClH/c19-18(20,21)25-15-4-1-14(2-5-15)3-6-16(24)23-11-8-17(9-12-23)7-10-22-13-17;/h1-2,4-5,22H,3,6-13H2;1H. The highest BCUT2D eigenvalue weighted by Gasteiger charge is 2.37. The molecule has 0 bridgehead atoms. The van der Waals surface area contributed by atoms with Gasteiger partial charge in [0.1, 0.15) is 5.75 Å². The van der Waals surface area contributed by atoms with Crippen molar-refractivity contribution in [1.29, 1.82) is 0 Å². The number of benzene rings is 1. The number of rotatable bonds is 4. The molecule has 4 nitrogen and oxygen atoms in total. The molecule has 2 heterocycles. The van der Waals surface area contributed by atoms with E-state index in [-0.39, 0.29) is 24.1 Å². The van der Waals surface area contributed by atoms with Crippen LogP contribution in [0.5, 0.6) is 5.75 Å². The Morgan fingerprint density at radius 3 is 2.35 bits per heavy atom. The number of alkyl halides is 3. The van der Waals surface area contributed by atoms with Crippen LogP contribution >= 0.6 is 12.4 Å². The first-order valence-electron chi connectivity index (χ1n) is 8.69. The molecule has 1 aromatic carbocycles. The van der Waals surface area contributed by atoms with Crippen LogP contribution in [0, 0.1) is 5.41 Å². The highest BCUT2D eigenvalue weighted by Crippen LogP contribution is 2.37. The van der Waals surface area contributed by atoms with Crippen molar-refractivity contribution in [2.75, 3.05) is 26.2 Å². The number of hydrogen-bond donors (Lipinski definition) is 1. The molecule has 0 saturated carbocycles. The molecule has 0 unspecified atom stereocenters. The third kappa shape index (κ3) is 5.51. The molecule has 146 valence electrons. The smallest absolute Gasteiger partial charge is 0.406 e. The Labute approximate surface area is 157 Å². The minimum atomic E-state index is -4.68. The molecule has 26 heavy (non-hydrogen) atoms. The van der Waals surface area contributed by atoms with E-state index in [1.807, 2.05) is 4.90 Å². The number of amides is 1. The Hall–Kier alpha value is -1.47. The number of carbonyl (C=O) groups is 1. The second kappa shape index (κ2) is 8.48. The number of piperidine rings is 1. The zero-order chi connectivity index (χ0) is 17.9. The summed E-state index contributed by atoms with van der Waals surface area (Å²) in [7, 11) is 0. The van der Waals surface area contributed by atoms with E-state index in [2.05, 4.69) is 10.1 Å². The highest BCUT2D eigenvalue weighted by molar-refractivity contribution is 5.85. The number of likely N-dealkylation sites (tertiary alicyclic amines) is 1. The Morgan fingerprint density at radius 2 is 1.81 bits per heavy atom. The maximum atomic E-state index is 12.4. The molecule has 2 saturated heterocycles. The molecule has 1 N–H and O–H groups in total. The largest absolute Gasteiger partial charge is 0.573 e. The van der Waals surface area contributed by atoms with Crippen LogP contribution in [0.15, 0.2) is 24.3 Å². The van der Waals surface area contributed by atoms with Gasteiger partial charge in [0.15, 0.2) is 0 Å². The van der Waals surface area contributed by atoms with E-state index in [9.17, 15) is 18.0 Å². The van der Waals surface area contributed by atoms with Crippen LogP contribution in [0.1, 0.15) is 31.2 Å². The lowest BCUT2D eigenvalue weighted by molar-refractivity contribution is -0.274. The minimum Gasteiger partial charge on any atom is -0.406 e. The molecule has 3 rings (SSSR count). The normalized spacial score (nSPS) is 19.3. The Kier molecular flexibility index (Phi) is 6.80. The van der Waals surface area contributed by atoms with Crippen LogP contribution < -0.4 is 10.1 Å². The number of aryl methyl sites for hydroxylation is 1. The Bertz CT molecular complexity index is 591. The molecule has 0 aliphatic carbocycles. The highest BCUT2D eigenvalue weighted by atomic mass is 35.5. The lowest BCUT2D eigenvalue weighted by atomic mass is 9.78. The summed E-state index contributed by atoms with van der Waals surface area (Å²) in [6.45, 7) is 3.74. The fourth-order valence-electron chi connectivity index (χ4n) is 3.72. The summed E-state index contributed by atoms with van der Waals surface area (Å²) < 4.78 is 40.2. The van der Waals surface area contributed by atoms with E-state index in [0.29, 0.717) is 18.3 Å². The van der Waals surface area contributed by atoms with E-state index in [1.54, 1.807) is 12.1 Å². The topological polar surface area (TPSA) is 41.6 Å². The minimum absolute atomic E-state index is 0. The SMILES string of the molecule is Cl.O=C(CCc1ccc(OC(F)(F)F)cc1)N1CCC2(CCNC2)CC1. The van der Waals surface area contributed by atoms with Crippen molar-refractivity contribution in [3.63, 3.8) is 0 Å². The van der Waals surface area contributed by atoms with Crippen molar-refractivity contribution in [3.05, 3.63) is 29.8 Å². The first-order chi connectivity index (χ1) is 11.9. The number of nitrogens with one attached hydrogen (secondary N) is 1. The fraction of sp³-hybridized carbons (Fsp3) is 0.611. The summed E-state index contributed by atoms with van der Waals surface area (Å²) in [5.74, 6) is -0.120. The maximum Gasteiger partial charge on any atom is 0.573 e. The van der Waals surface area contributed by atoms with Crippen molar-refractivity contribution in [1.82, 2.24) is 10.2 Å². The van der Waals surface area contributed by atoms with Gasteiger partial charge in [-0.15, -0.1) is 25.6 Å². The second-order valence-corrected chi connectivity index (χ2v) is 7.00. The van der Waals surface area contributed by atoms with Crippen LogP contribution in [0.25, 0.3) is 0 Å². The number of halogens is 4. The summed E-state index contributed by atoms with van der Waals surface area (Å²) in [4.78, 5) is 14.3. The number of hydrogen-bond acceptors (Lipinski definition) is 3. The molecular weight excluding hydrogens is 369 g/mol. The molecule has 0 radical (unpaired) electrons. The van der Waals surface area contributed by atoms with Crippen LogP contribution in [0.4, 0.5) is 13.2 Å². The zero-order valence-corrected chi connectivity index (χ0v) is 15.3. The van der Waals surface area contributed by atoms with Gasteiger partial charge in [-0.25, -0.2) is 0 Å². The third-order valence-electron chi connectivity index (χ3n) is 5.29. The van der Waals surface area contributed by atoms with Gasteiger partial charge in [0, 0.05) is 26.1 Å². The molecule has 1 spiro atoms. The molecular formula is C18H24ClF3N2O2. The molecule has 2 fully saturated rings. The van der Waals surface area contributed by atoms with E-state index < -0.39 is 6.36 Å². The number of nitrogens with zero attached hydrogens (tertiary/aromatic N) is 1. The molecule has 2 aliphatic rings. The lowest BCUT2D eigenvalue weighted by Gasteiger charge is -2.39. The number of carbonyl (C=O) groups excluding carboxylic acids is 1. The van der Waals surface area contributed by atoms with Crippen LogP contribution in [-0.2, 0) is 11.2 Å². The summed E-state index contributed by atoms with van der Waals surface area (Å²) in [6.07, 6.45) is -0.483. The van der Waals surface area contributed by atoms with E-state index in [1.165, 1.54) is 18.6 Å². The molecule has 0 atom stereocenters. The zero-order valence-electron chi connectivity index (χ0n) is 14.5. The second-order valence-electron chi connectivity index (χ2n) is 7.00. The van der Waals surface area contributed by atoms with E-state index in [4.69, 9.17) is 0 Å². The van der Waals surface area contributed by atoms with Gasteiger partial charge in [-0.1, -0.05) is 12.1 Å². The van der Waals surface area contributed by atoms with Crippen LogP contribution in [0.2, 0.25) is 0 Å². The van der Waals surface area contributed by atoms with Gasteiger partial charge in [0.2, 0.25) is 5.91 Å². The van der Waals surface area contributed by atoms with Gasteiger partial charge in [-0.2, -0.15) is 0 Å². The van der Waals surface area contributed by atoms with Crippen molar-refractivity contribution in [2.24, 2.45) is 5.41 Å². The van der Waals surface area contributed by atoms with Gasteiger partial charge < -0.3 is 15.0 Å². The molecule has 1 amide bonds. The quantitative estimate of drug-likeness (QED) is 0.852. The average molecular weight is 393 g/mol. The summed E-state index contributed by atoms with van der Waals surface area (Å²) in [6, 6.07) is 5.71. The summed E-state index contributed by atoms with van der Waals surface area (Å²) >= 11 is 0. The average Bonchev–Trinajstić information content (AvgIpc) is 3.01. The fourth-order valence-corrected chi connectivity index (χ4v) is 3.72. The molecule has 2 aliphatic heterocycles. The van der Waals surface area contributed by atoms with Gasteiger partial charge >= 0.3 is 6.36 Å². The van der Waals surface area contributed by atoms with Gasteiger partial charge in [-0.05, 0) is 55.3 Å². The monoisotopic (exact) mass is 392 g/mol. The van der Waals surface area contributed by atoms with Crippen molar-refractivity contribution >= 4 is 18.3 Å². The van der Waals surface area contributed by atoms with Crippen molar-refractivity contribution in [3.8, 4) is 5.75 Å². The first kappa shape index (κ1) is 20.8. The predicted molar refractivity (Wildman–Crippen MR) is 94.4 cm³/mol. The Balaban J connectivity index is 0.00000243. The summed E-state index contributed by atoms with van der Waals surface area (Å²) in [5.41, 5.74) is 1.21. The molecule has 8 heteroatoms. The lowest BCUT2D eigenvalue weighted by Crippen LogP contribution is -2.44. The van der Waals surface area contributed by atoms with Crippen LogP contribution in [-0.4, -0.2) is 43.3 Å². The first-order valence-corrected chi connectivity index (χ1v) is 8.69. The van der Waals surface area contributed by atoms with Gasteiger partial charge in [-0.3, -0.25) is 4.79 Å². The van der Waals surface area contributed by atoms with Crippen LogP contribution in [0.3, 0.4) is 0 Å². The maximum absolute atomic E-state index is 12.4. The predicted octanol–water partition coefficient (Wildman–Crippen LogP) is 3.54. The van der Waals surface area contributed by atoms with Crippen molar-refractivity contribution < 1.29 is 22.7 Å². The van der Waals surface area contributed by atoms with Gasteiger partial charge in [0.05, 0.1) is 0 Å². The third-order valence-corrected chi connectivity index (χ3v) is 5.29. The summed E-state index contributed by atoms with van der Waals surface area (Å²) in [5, 5.41) is 3.41.